The number of aromatic nitrogens is 1. The number of aromatic amines is 1. The van der Waals surface area contributed by atoms with Crippen molar-refractivity contribution in [1.29, 1.82) is 0 Å². The van der Waals surface area contributed by atoms with Gasteiger partial charge in [-0.3, -0.25) is 0 Å². The Labute approximate surface area is 100 Å². The highest BCUT2D eigenvalue weighted by molar-refractivity contribution is 9.10. The summed E-state index contributed by atoms with van der Waals surface area (Å²) in [6.45, 7) is 0. The molecule has 4 N–H and O–H groups in total. The number of benzene rings is 1. The lowest BCUT2D eigenvalue weighted by Gasteiger charge is -1.97. The van der Waals surface area contributed by atoms with Gasteiger partial charge in [0.25, 0.3) is 0 Å². The first-order valence-corrected chi connectivity index (χ1v) is 5.35. The van der Waals surface area contributed by atoms with Crippen molar-refractivity contribution in [2.75, 3.05) is 5.73 Å². The Balaban J connectivity index is 2.49. The van der Waals surface area contributed by atoms with Crippen molar-refractivity contribution < 1.29 is 9.90 Å². The van der Waals surface area contributed by atoms with E-state index in [0.717, 1.165) is 10.0 Å². The normalized spacial score (nSPS) is 10.3. The maximum atomic E-state index is 10.8. The average molecular weight is 281 g/mol. The number of carboxylic acid groups (broad SMARTS) is 1. The summed E-state index contributed by atoms with van der Waals surface area (Å²) < 4.78 is 0.926. The molecule has 2 rings (SSSR count). The number of halogens is 1. The van der Waals surface area contributed by atoms with Crippen LogP contribution >= 0.6 is 15.9 Å². The zero-order valence-electron chi connectivity index (χ0n) is 8.20. The predicted molar refractivity (Wildman–Crippen MR) is 65.3 cm³/mol. The van der Waals surface area contributed by atoms with Crippen molar-refractivity contribution in [1.82, 2.24) is 4.98 Å². The number of carbonyl (C=O) groups is 1. The summed E-state index contributed by atoms with van der Waals surface area (Å²) >= 11 is 3.35. The smallest absolute Gasteiger partial charge is 0.339 e. The SMILES string of the molecule is Nc1[nH]c(-c2cccc(Br)c2)cc1C(=O)O. The molecule has 0 aliphatic heterocycles. The number of H-pyrrole nitrogens is 1. The maximum absolute atomic E-state index is 10.8. The highest BCUT2D eigenvalue weighted by Gasteiger charge is 2.12. The molecule has 5 heteroatoms. The minimum absolute atomic E-state index is 0.0926. The van der Waals surface area contributed by atoms with Crippen molar-refractivity contribution in [3.05, 3.63) is 40.4 Å². The van der Waals surface area contributed by atoms with Crippen LogP contribution in [0.15, 0.2) is 34.8 Å². The first-order chi connectivity index (χ1) is 7.58. The molecule has 0 amide bonds. The van der Waals surface area contributed by atoms with Crippen molar-refractivity contribution >= 4 is 27.7 Å². The Hall–Kier alpha value is -1.75. The molecule has 82 valence electrons. The molecule has 0 fully saturated rings. The molecule has 1 aromatic heterocycles. The van der Waals surface area contributed by atoms with Crippen LogP contribution in [0.4, 0.5) is 5.82 Å². The number of anilines is 1. The fourth-order valence-electron chi connectivity index (χ4n) is 1.46. The van der Waals surface area contributed by atoms with E-state index in [-0.39, 0.29) is 11.4 Å². The number of aromatic carboxylic acids is 1. The van der Waals surface area contributed by atoms with Crippen LogP contribution in [0.1, 0.15) is 10.4 Å². The van der Waals surface area contributed by atoms with Crippen LogP contribution in [-0.4, -0.2) is 16.1 Å². The average Bonchev–Trinajstić information content (AvgIpc) is 2.60. The van der Waals surface area contributed by atoms with Crippen LogP contribution in [0.5, 0.6) is 0 Å². The predicted octanol–water partition coefficient (Wildman–Crippen LogP) is 2.72. The lowest BCUT2D eigenvalue weighted by Crippen LogP contribution is -1.98. The van der Waals surface area contributed by atoms with Crippen LogP contribution in [0.3, 0.4) is 0 Å². The lowest BCUT2D eigenvalue weighted by molar-refractivity contribution is 0.0698. The fourth-order valence-corrected chi connectivity index (χ4v) is 1.86. The van der Waals surface area contributed by atoms with Gasteiger partial charge in [0.1, 0.15) is 11.4 Å². The van der Waals surface area contributed by atoms with E-state index in [1.54, 1.807) is 0 Å². The van der Waals surface area contributed by atoms with E-state index in [1.807, 2.05) is 24.3 Å². The van der Waals surface area contributed by atoms with Gasteiger partial charge in [-0.2, -0.15) is 0 Å². The Morgan fingerprint density at radius 1 is 1.38 bits per heavy atom. The number of carboxylic acids is 1. The Morgan fingerprint density at radius 2 is 2.12 bits per heavy atom. The van der Waals surface area contributed by atoms with E-state index >= 15 is 0 Å². The summed E-state index contributed by atoms with van der Waals surface area (Å²) in [5, 5.41) is 8.87. The standard InChI is InChI=1S/C11H9BrN2O2/c12-7-3-1-2-6(4-7)9-5-8(11(15)16)10(13)14-9/h1-5,14H,13H2,(H,15,16). The molecule has 0 radical (unpaired) electrons. The second-order valence-electron chi connectivity index (χ2n) is 3.33. The molecule has 0 spiro atoms. The minimum atomic E-state index is -1.03. The van der Waals surface area contributed by atoms with Gasteiger partial charge in [-0.25, -0.2) is 4.79 Å². The van der Waals surface area contributed by atoms with Crippen LogP contribution in [-0.2, 0) is 0 Å². The van der Waals surface area contributed by atoms with Crippen molar-refractivity contribution in [2.24, 2.45) is 0 Å². The number of hydrogen-bond donors (Lipinski definition) is 3. The number of rotatable bonds is 2. The maximum Gasteiger partial charge on any atom is 0.339 e. The zero-order valence-corrected chi connectivity index (χ0v) is 9.78. The molecule has 2 aromatic rings. The van der Waals surface area contributed by atoms with E-state index in [4.69, 9.17) is 10.8 Å². The second-order valence-corrected chi connectivity index (χ2v) is 4.24. The zero-order chi connectivity index (χ0) is 11.7. The van der Waals surface area contributed by atoms with E-state index in [9.17, 15) is 4.79 Å². The lowest BCUT2D eigenvalue weighted by atomic mass is 10.1. The van der Waals surface area contributed by atoms with Gasteiger partial charge in [-0.05, 0) is 23.8 Å². The molecule has 1 heterocycles. The molecule has 0 saturated heterocycles. The van der Waals surface area contributed by atoms with E-state index in [0.29, 0.717) is 5.69 Å². The summed E-state index contributed by atoms with van der Waals surface area (Å²) in [4.78, 5) is 13.7. The molecular formula is C11H9BrN2O2. The van der Waals surface area contributed by atoms with Gasteiger partial charge in [-0.15, -0.1) is 0 Å². The molecule has 0 aliphatic rings. The van der Waals surface area contributed by atoms with Crippen LogP contribution in [0.2, 0.25) is 0 Å². The van der Waals surface area contributed by atoms with E-state index in [1.165, 1.54) is 6.07 Å². The van der Waals surface area contributed by atoms with Gasteiger partial charge >= 0.3 is 5.97 Å². The third kappa shape index (κ3) is 1.94. The summed E-state index contributed by atoms with van der Waals surface area (Å²) in [6.07, 6.45) is 0. The van der Waals surface area contributed by atoms with Gasteiger partial charge in [0.05, 0.1) is 0 Å². The van der Waals surface area contributed by atoms with Crippen LogP contribution < -0.4 is 5.73 Å². The second kappa shape index (κ2) is 4.02. The molecular weight excluding hydrogens is 272 g/mol. The molecule has 1 aromatic carbocycles. The van der Waals surface area contributed by atoms with Crippen molar-refractivity contribution in [3.8, 4) is 11.3 Å². The number of hydrogen-bond acceptors (Lipinski definition) is 2. The summed E-state index contributed by atoms with van der Waals surface area (Å²) in [7, 11) is 0. The Morgan fingerprint density at radius 3 is 2.69 bits per heavy atom. The molecule has 0 unspecified atom stereocenters. The van der Waals surface area contributed by atoms with Gasteiger partial charge in [-0.1, -0.05) is 28.1 Å². The number of nitrogens with one attached hydrogen (secondary N) is 1. The minimum Gasteiger partial charge on any atom is -0.478 e. The van der Waals surface area contributed by atoms with Gasteiger partial charge in [0.15, 0.2) is 0 Å². The molecule has 0 aliphatic carbocycles. The van der Waals surface area contributed by atoms with Crippen molar-refractivity contribution in [2.45, 2.75) is 0 Å². The van der Waals surface area contributed by atoms with Gasteiger partial charge < -0.3 is 15.8 Å². The molecule has 0 bridgehead atoms. The molecule has 16 heavy (non-hydrogen) atoms. The fraction of sp³-hybridized carbons (Fsp3) is 0. The third-order valence-electron chi connectivity index (χ3n) is 2.21. The highest BCUT2D eigenvalue weighted by Crippen LogP contribution is 2.25. The van der Waals surface area contributed by atoms with Crippen LogP contribution in [0, 0.1) is 0 Å². The first-order valence-electron chi connectivity index (χ1n) is 4.55. The topological polar surface area (TPSA) is 79.1 Å². The monoisotopic (exact) mass is 280 g/mol. The van der Waals surface area contributed by atoms with Gasteiger partial charge in [0, 0.05) is 10.2 Å². The van der Waals surface area contributed by atoms with E-state index < -0.39 is 5.97 Å². The first kappa shape index (κ1) is 10.8. The molecule has 0 saturated carbocycles. The van der Waals surface area contributed by atoms with E-state index in [2.05, 4.69) is 20.9 Å². The summed E-state index contributed by atoms with van der Waals surface area (Å²) in [5.41, 5.74) is 7.24. The Kier molecular flexibility index (Phi) is 2.70. The van der Waals surface area contributed by atoms with Gasteiger partial charge in [0.2, 0.25) is 0 Å². The number of nitrogens with two attached hydrogens (primary N) is 1. The largest absolute Gasteiger partial charge is 0.478 e. The Bertz CT molecular complexity index is 549. The summed E-state index contributed by atoms with van der Waals surface area (Å²) in [6, 6.07) is 9.06. The quantitative estimate of drug-likeness (QED) is 0.791. The van der Waals surface area contributed by atoms with Crippen LogP contribution in [0.25, 0.3) is 11.3 Å². The molecule has 0 atom stereocenters. The molecule has 4 nitrogen and oxygen atoms in total. The third-order valence-corrected chi connectivity index (χ3v) is 2.71. The highest BCUT2D eigenvalue weighted by atomic mass is 79.9. The number of nitrogen functional groups attached to an aromatic ring is 1. The summed E-state index contributed by atoms with van der Waals surface area (Å²) in [5.74, 6) is -0.863. The van der Waals surface area contributed by atoms with Crippen molar-refractivity contribution in [3.63, 3.8) is 0 Å².